The number of rotatable bonds is 4. The van der Waals surface area contributed by atoms with Crippen molar-refractivity contribution < 1.29 is 4.74 Å². The molecule has 0 atom stereocenters. The number of aromatic nitrogens is 4. The molecular formula is C22H21N5O. The molecule has 3 heterocycles. The molecule has 140 valence electrons. The van der Waals surface area contributed by atoms with Gasteiger partial charge in [-0.3, -0.25) is 0 Å². The topological polar surface area (TPSA) is 64.9 Å². The average Bonchev–Trinajstić information content (AvgIpc) is 3.51. The molecule has 0 saturated heterocycles. The maximum Gasteiger partial charge on any atom is 0.147 e. The smallest absolute Gasteiger partial charge is 0.147 e. The molecule has 0 bridgehead atoms. The van der Waals surface area contributed by atoms with Gasteiger partial charge in [0.2, 0.25) is 0 Å². The van der Waals surface area contributed by atoms with Crippen LogP contribution in [0.5, 0.6) is 5.75 Å². The number of benzene rings is 2. The van der Waals surface area contributed by atoms with Gasteiger partial charge in [-0.2, -0.15) is 0 Å². The number of anilines is 1. The van der Waals surface area contributed by atoms with Crippen LogP contribution in [0.25, 0.3) is 33.3 Å². The van der Waals surface area contributed by atoms with E-state index in [9.17, 15) is 0 Å². The number of imidazole rings is 1. The number of fused-ring (bicyclic) bond motifs is 1. The Hall–Kier alpha value is -3.15. The van der Waals surface area contributed by atoms with Crippen molar-refractivity contribution >= 4 is 27.6 Å². The zero-order valence-corrected chi connectivity index (χ0v) is 15.6. The van der Waals surface area contributed by atoms with Gasteiger partial charge in [0.05, 0.1) is 17.6 Å². The number of hydrogen-bond acceptors (Lipinski definition) is 5. The van der Waals surface area contributed by atoms with Gasteiger partial charge in [-0.1, -0.05) is 0 Å². The van der Waals surface area contributed by atoms with Crippen molar-refractivity contribution in [1.82, 2.24) is 19.5 Å². The molecule has 1 aliphatic carbocycles. The first kappa shape index (κ1) is 15.9. The van der Waals surface area contributed by atoms with Crippen molar-refractivity contribution in [1.29, 1.82) is 0 Å². The highest BCUT2D eigenvalue weighted by Gasteiger charge is 2.23. The van der Waals surface area contributed by atoms with Gasteiger partial charge < -0.3 is 14.6 Å². The van der Waals surface area contributed by atoms with Gasteiger partial charge in [0.25, 0.3) is 0 Å². The molecule has 0 radical (unpaired) electrons. The Morgan fingerprint density at radius 3 is 3.04 bits per heavy atom. The summed E-state index contributed by atoms with van der Waals surface area (Å²) in [5.74, 6) is 2.73. The van der Waals surface area contributed by atoms with Gasteiger partial charge in [0, 0.05) is 42.0 Å². The highest BCUT2D eigenvalue weighted by molar-refractivity contribution is 5.91. The minimum Gasteiger partial charge on any atom is -0.491 e. The fourth-order valence-corrected chi connectivity index (χ4v) is 3.99. The summed E-state index contributed by atoms with van der Waals surface area (Å²) in [5, 5.41) is 4.59. The first-order valence-electron chi connectivity index (χ1n) is 9.96. The maximum absolute atomic E-state index is 6.08. The van der Waals surface area contributed by atoms with Crippen LogP contribution in [-0.2, 0) is 6.54 Å². The predicted molar refractivity (Wildman–Crippen MR) is 110 cm³/mol. The molecule has 2 aliphatic rings. The number of aryl methyl sites for hydroxylation is 1. The van der Waals surface area contributed by atoms with E-state index < -0.39 is 0 Å². The quantitative estimate of drug-likeness (QED) is 0.581. The molecule has 1 aliphatic heterocycles. The second-order valence-corrected chi connectivity index (χ2v) is 7.75. The average molecular weight is 371 g/mol. The molecule has 6 heteroatoms. The van der Waals surface area contributed by atoms with E-state index in [1.54, 1.807) is 6.33 Å². The summed E-state index contributed by atoms with van der Waals surface area (Å²) in [4.78, 5) is 13.5. The van der Waals surface area contributed by atoms with E-state index in [2.05, 4.69) is 44.1 Å². The van der Waals surface area contributed by atoms with Crippen LogP contribution in [0.1, 0.15) is 19.3 Å². The first-order valence-corrected chi connectivity index (χ1v) is 9.96. The van der Waals surface area contributed by atoms with Crippen molar-refractivity contribution in [3.05, 3.63) is 42.9 Å². The van der Waals surface area contributed by atoms with Gasteiger partial charge in [-0.15, -0.1) is 0 Å². The van der Waals surface area contributed by atoms with E-state index in [0.717, 1.165) is 76.8 Å². The van der Waals surface area contributed by atoms with Crippen molar-refractivity contribution in [2.75, 3.05) is 18.5 Å². The Morgan fingerprint density at radius 2 is 2.11 bits per heavy atom. The number of nitrogens with one attached hydrogen (secondary N) is 1. The highest BCUT2D eigenvalue weighted by Crippen LogP contribution is 2.37. The molecule has 6 rings (SSSR count). The van der Waals surface area contributed by atoms with E-state index in [0.29, 0.717) is 0 Å². The summed E-state index contributed by atoms with van der Waals surface area (Å²) >= 11 is 0. The SMILES string of the molecule is c1ncc2cc(-c3nc4cc(NCC5CC5)cc5c4n3CCCO5)ccc2n1. The molecule has 1 fully saturated rings. The fourth-order valence-electron chi connectivity index (χ4n) is 3.99. The molecule has 0 unspecified atom stereocenters. The van der Waals surface area contributed by atoms with E-state index in [-0.39, 0.29) is 0 Å². The monoisotopic (exact) mass is 371 g/mol. The molecule has 4 aromatic rings. The zero-order valence-electron chi connectivity index (χ0n) is 15.6. The lowest BCUT2D eigenvalue weighted by molar-refractivity contribution is 0.316. The van der Waals surface area contributed by atoms with Crippen molar-refractivity contribution in [3.8, 4) is 17.1 Å². The van der Waals surface area contributed by atoms with Gasteiger partial charge in [-0.05, 0) is 49.4 Å². The molecule has 6 nitrogen and oxygen atoms in total. The molecule has 0 amide bonds. The van der Waals surface area contributed by atoms with Crippen molar-refractivity contribution in [2.45, 2.75) is 25.8 Å². The van der Waals surface area contributed by atoms with Crippen LogP contribution in [0.15, 0.2) is 42.9 Å². The van der Waals surface area contributed by atoms with Crippen LogP contribution in [0.2, 0.25) is 0 Å². The number of ether oxygens (including phenoxy) is 1. The molecular weight excluding hydrogens is 350 g/mol. The molecule has 0 spiro atoms. The van der Waals surface area contributed by atoms with E-state index >= 15 is 0 Å². The summed E-state index contributed by atoms with van der Waals surface area (Å²) in [6, 6.07) is 10.5. The van der Waals surface area contributed by atoms with E-state index in [1.807, 2.05) is 12.3 Å². The Bertz CT molecular complexity index is 1190. The second kappa shape index (κ2) is 6.19. The molecule has 2 aromatic carbocycles. The second-order valence-electron chi connectivity index (χ2n) is 7.75. The van der Waals surface area contributed by atoms with E-state index in [4.69, 9.17) is 9.72 Å². The van der Waals surface area contributed by atoms with Crippen LogP contribution in [0, 0.1) is 5.92 Å². The lowest BCUT2D eigenvalue weighted by Crippen LogP contribution is -2.03. The Kier molecular flexibility index (Phi) is 3.51. The fraction of sp³-hybridized carbons (Fsp3) is 0.318. The van der Waals surface area contributed by atoms with Gasteiger partial charge in [0.15, 0.2) is 0 Å². The largest absolute Gasteiger partial charge is 0.491 e. The Balaban J connectivity index is 1.50. The molecule has 1 N–H and O–H groups in total. The summed E-state index contributed by atoms with van der Waals surface area (Å²) in [6.07, 6.45) is 7.08. The van der Waals surface area contributed by atoms with Gasteiger partial charge in [0.1, 0.15) is 23.4 Å². The Morgan fingerprint density at radius 1 is 1.14 bits per heavy atom. The number of hydrogen-bond donors (Lipinski definition) is 1. The van der Waals surface area contributed by atoms with Gasteiger partial charge in [-0.25, -0.2) is 15.0 Å². The third-order valence-corrected chi connectivity index (χ3v) is 5.65. The highest BCUT2D eigenvalue weighted by atomic mass is 16.5. The zero-order chi connectivity index (χ0) is 18.5. The van der Waals surface area contributed by atoms with Crippen LogP contribution in [0.4, 0.5) is 5.69 Å². The predicted octanol–water partition coefficient (Wildman–Crippen LogP) is 4.25. The van der Waals surface area contributed by atoms with Gasteiger partial charge >= 0.3 is 0 Å². The minimum absolute atomic E-state index is 0.730. The molecule has 1 saturated carbocycles. The molecule has 28 heavy (non-hydrogen) atoms. The third-order valence-electron chi connectivity index (χ3n) is 5.65. The van der Waals surface area contributed by atoms with Crippen molar-refractivity contribution in [3.63, 3.8) is 0 Å². The first-order chi connectivity index (χ1) is 13.8. The summed E-state index contributed by atoms with van der Waals surface area (Å²) in [7, 11) is 0. The van der Waals surface area contributed by atoms with E-state index in [1.165, 1.54) is 12.8 Å². The summed E-state index contributed by atoms with van der Waals surface area (Å²) in [6.45, 7) is 2.66. The van der Waals surface area contributed by atoms with Crippen LogP contribution in [-0.4, -0.2) is 32.7 Å². The lowest BCUT2D eigenvalue weighted by Gasteiger charge is -2.10. The standard InChI is InChI=1S/C22H21N5O/c1-6-27-21-19(9-17(10-20(21)28-7-1)24-11-14-2-3-14)26-22(27)15-4-5-18-16(8-15)12-23-13-25-18/h4-5,8-10,12-14,24H,1-3,6-7,11H2. The lowest BCUT2D eigenvalue weighted by atomic mass is 10.1. The normalized spacial score (nSPS) is 16.1. The summed E-state index contributed by atoms with van der Waals surface area (Å²) < 4.78 is 8.38. The minimum atomic E-state index is 0.730. The Labute approximate surface area is 162 Å². The number of nitrogens with zero attached hydrogens (tertiary/aromatic N) is 4. The van der Waals surface area contributed by atoms with Crippen LogP contribution >= 0.6 is 0 Å². The molecule has 2 aromatic heterocycles. The third kappa shape index (κ3) is 2.68. The maximum atomic E-state index is 6.08. The van der Waals surface area contributed by atoms with Crippen molar-refractivity contribution in [2.24, 2.45) is 5.92 Å². The van der Waals surface area contributed by atoms with Crippen LogP contribution < -0.4 is 10.1 Å². The van der Waals surface area contributed by atoms with Crippen LogP contribution in [0.3, 0.4) is 0 Å². The summed E-state index contributed by atoms with van der Waals surface area (Å²) in [5.41, 5.74) is 5.20.